The predicted octanol–water partition coefficient (Wildman–Crippen LogP) is 3.45. The Hall–Kier alpha value is -2.90. The molecule has 0 N–H and O–H groups in total. The van der Waals surface area contributed by atoms with Gasteiger partial charge in [-0.1, -0.05) is 12.1 Å². The average Bonchev–Trinajstić information content (AvgIpc) is 2.86. The van der Waals surface area contributed by atoms with Crippen LogP contribution in [0.1, 0.15) is 46.3 Å². The molecule has 0 saturated carbocycles. The van der Waals surface area contributed by atoms with E-state index < -0.39 is 0 Å². The number of aliphatic imine (C=N–C) groups is 1. The van der Waals surface area contributed by atoms with Gasteiger partial charge in [0, 0.05) is 49.9 Å². The van der Waals surface area contributed by atoms with Crippen LogP contribution in [0.3, 0.4) is 0 Å². The number of ether oxygens (including phenoxy) is 3. The maximum Gasteiger partial charge on any atom is 0.253 e. The van der Waals surface area contributed by atoms with Gasteiger partial charge in [-0.15, -0.1) is 0 Å². The molecule has 0 spiro atoms. The minimum atomic E-state index is -0.0204. The van der Waals surface area contributed by atoms with Crippen molar-refractivity contribution in [3.63, 3.8) is 0 Å². The molecule has 0 radical (unpaired) electrons. The number of carbonyl (C=O) groups is 1. The van der Waals surface area contributed by atoms with E-state index in [1.54, 1.807) is 26.2 Å². The van der Waals surface area contributed by atoms with Gasteiger partial charge in [-0.3, -0.25) is 9.79 Å². The van der Waals surface area contributed by atoms with Gasteiger partial charge in [0.15, 0.2) is 11.5 Å². The van der Waals surface area contributed by atoms with E-state index in [1.807, 2.05) is 31.2 Å². The van der Waals surface area contributed by atoms with Crippen molar-refractivity contribution in [1.29, 1.82) is 0 Å². The Morgan fingerprint density at radius 2 is 1.94 bits per heavy atom. The van der Waals surface area contributed by atoms with Crippen molar-refractivity contribution >= 4 is 11.6 Å². The number of likely N-dealkylation sites (tertiary alicyclic amines) is 1. The lowest BCUT2D eigenvalue weighted by molar-refractivity contribution is 0.0744. The monoisotopic (exact) mass is 465 g/mol. The molecular weight excluding hydrogens is 430 g/mol. The highest BCUT2D eigenvalue weighted by molar-refractivity contribution is 6.15. The molecule has 1 fully saturated rings. The molecule has 2 aromatic rings. The largest absolute Gasteiger partial charge is 0.493 e. The molecule has 4 rings (SSSR count). The highest BCUT2D eigenvalue weighted by Crippen LogP contribution is 2.42. The van der Waals surface area contributed by atoms with Gasteiger partial charge in [-0.05, 0) is 56.8 Å². The lowest BCUT2D eigenvalue weighted by atomic mass is 9.79. The molecule has 2 aliphatic rings. The lowest BCUT2D eigenvalue weighted by Crippen LogP contribution is -2.41. The highest BCUT2D eigenvalue weighted by atomic mass is 16.5. The third kappa shape index (κ3) is 4.81. The molecule has 1 amide bonds. The number of hydrogen-bond acceptors (Lipinski definition) is 6. The van der Waals surface area contributed by atoms with Crippen LogP contribution in [0.4, 0.5) is 0 Å². The number of fused-ring (bicyclic) bond motifs is 3. The minimum Gasteiger partial charge on any atom is -0.493 e. The molecule has 2 aromatic carbocycles. The van der Waals surface area contributed by atoms with Crippen LogP contribution < -0.4 is 9.47 Å². The number of benzene rings is 2. The molecule has 0 aliphatic carbocycles. The van der Waals surface area contributed by atoms with E-state index in [0.29, 0.717) is 37.0 Å². The Kier molecular flexibility index (Phi) is 7.54. The molecule has 2 heterocycles. The normalized spacial score (nSPS) is 19.6. The van der Waals surface area contributed by atoms with Crippen LogP contribution in [0.5, 0.6) is 11.5 Å². The molecule has 182 valence electrons. The second kappa shape index (κ2) is 10.6. The van der Waals surface area contributed by atoms with E-state index in [4.69, 9.17) is 19.2 Å². The van der Waals surface area contributed by atoms with Crippen LogP contribution in [0.15, 0.2) is 41.4 Å². The Morgan fingerprint density at radius 3 is 2.62 bits per heavy atom. The Bertz CT molecular complexity index is 1050. The molecule has 7 nitrogen and oxygen atoms in total. The van der Waals surface area contributed by atoms with Crippen molar-refractivity contribution in [3.05, 3.63) is 58.7 Å². The van der Waals surface area contributed by atoms with Crippen molar-refractivity contribution in [2.75, 3.05) is 61.2 Å². The van der Waals surface area contributed by atoms with Crippen LogP contribution in [-0.4, -0.2) is 88.6 Å². The summed E-state index contributed by atoms with van der Waals surface area (Å²) in [4.78, 5) is 22.0. The van der Waals surface area contributed by atoms with Gasteiger partial charge in [0.1, 0.15) is 0 Å². The number of amides is 1. The molecule has 34 heavy (non-hydrogen) atoms. The highest BCUT2D eigenvalue weighted by Gasteiger charge is 2.36. The number of methoxy groups -OCH3 is 2. The smallest absolute Gasteiger partial charge is 0.253 e. The summed E-state index contributed by atoms with van der Waals surface area (Å²) in [7, 11) is 7.26. The van der Waals surface area contributed by atoms with E-state index in [-0.39, 0.29) is 11.9 Å². The van der Waals surface area contributed by atoms with E-state index in [9.17, 15) is 4.79 Å². The zero-order valence-corrected chi connectivity index (χ0v) is 20.8. The third-order valence-electron chi connectivity index (χ3n) is 6.75. The maximum absolute atomic E-state index is 12.7. The van der Waals surface area contributed by atoms with E-state index in [2.05, 4.69) is 24.1 Å². The van der Waals surface area contributed by atoms with Crippen LogP contribution in [0, 0.1) is 0 Å². The Morgan fingerprint density at radius 1 is 1.18 bits per heavy atom. The van der Waals surface area contributed by atoms with Crippen molar-refractivity contribution < 1.29 is 19.0 Å². The molecule has 0 aromatic heterocycles. The van der Waals surface area contributed by atoms with Gasteiger partial charge in [-0.2, -0.15) is 0 Å². The average molecular weight is 466 g/mol. The number of hydrogen-bond donors (Lipinski definition) is 0. The summed E-state index contributed by atoms with van der Waals surface area (Å²) in [6, 6.07) is 12.2. The molecule has 1 saturated heterocycles. The first-order chi connectivity index (χ1) is 16.5. The SMILES string of the molecule is CCOc1cc2c(cc1OC)C(c1ccc(C(=O)N(C)CCOC)cc1)=N[C@@H]1CCN(C)C[C@H]21. The van der Waals surface area contributed by atoms with E-state index in [0.717, 1.165) is 42.1 Å². The molecule has 7 heteroatoms. The van der Waals surface area contributed by atoms with Gasteiger partial charge in [-0.25, -0.2) is 0 Å². The number of rotatable bonds is 8. The van der Waals surface area contributed by atoms with Crippen LogP contribution >= 0.6 is 0 Å². The van der Waals surface area contributed by atoms with Crippen molar-refractivity contribution in [3.8, 4) is 11.5 Å². The van der Waals surface area contributed by atoms with Crippen molar-refractivity contribution in [1.82, 2.24) is 9.80 Å². The fourth-order valence-electron chi connectivity index (χ4n) is 4.86. The summed E-state index contributed by atoms with van der Waals surface area (Å²) < 4.78 is 16.7. The van der Waals surface area contributed by atoms with Gasteiger partial charge in [0.05, 0.1) is 32.1 Å². The van der Waals surface area contributed by atoms with E-state index in [1.165, 1.54) is 5.56 Å². The third-order valence-corrected chi connectivity index (χ3v) is 6.75. The Balaban J connectivity index is 1.71. The van der Waals surface area contributed by atoms with Crippen LogP contribution in [-0.2, 0) is 4.74 Å². The zero-order chi connectivity index (χ0) is 24.2. The molecular formula is C27H35N3O4. The van der Waals surface area contributed by atoms with Crippen LogP contribution in [0.25, 0.3) is 0 Å². The summed E-state index contributed by atoms with van der Waals surface area (Å²) in [5.74, 6) is 1.78. The van der Waals surface area contributed by atoms with Gasteiger partial charge < -0.3 is 24.0 Å². The quantitative estimate of drug-likeness (QED) is 0.598. The second-order valence-electron chi connectivity index (χ2n) is 9.02. The number of nitrogens with zero attached hydrogens (tertiary/aromatic N) is 3. The topological polar surface area (TPSA) is 63.6 Å². The fourth-order valence-corrected chi connectivity index (χ4v) is 4.86. The van der Waals surface area contributed by atoms with Gasteiger partial charge in [0.25, 0.3) is 5.91 Å². The first kappa shape index (κ1) is 24.2. The zero-order valence-electron chi connectivity index (χ0n) is 20.8. The van der Waals surface area contributed by atoms with Crippen molar-refractivity contribution in [2.45, 2.75) is 25.3 Å². The summed E-state index contributed by atoms with van der Waals surface area (Å²) in [5, 5.41) is 0. The summed E-state index contributed by atoms with van der Waals surface area (Å²) in [6.07, 6.45) is 1.01. The van der Waals surface area contributed by atoms with Crippen molar-refractivity contribution in [2.24, 2.45) is 4.99 Å². The number of carbonyl (C=O) groups excluding carboxylic acids is 1. The molecule has 2 aliphatic heterocycles. The number of likely N-dealkylation sites (N-methyl/N-ethyl adjacent to an activating group) is 2. The summed E-state index contributed by atoms with van der Waals surface area (Å²) in [5.41, 5.74) is 4.94. The standard InChI is InChI=1S/C27H35N3O4/c1-6-34-25-15-20-21(16-24(25)33-5)26(28-23-11-12-29(2)17-22(20)23)18-7-9-19(10-8-18)27(31)30(3)13-14-32-4/h7-10,15-16,22-23H,6,11-14,17H2,1-5H3/t22-,23-/m1/s1. The van der Waals surface area contributed by atoms with Crippen LogP contribution in [0.2, 0.25) is 0 Å². The predicted molar refractivity (Wildman–Crippen MR) is 134 cm³/mol. The van der Waals surface area contributed by atoms with E-state index >= 15 is 0 Å². The molecule has 0 bridgehead atoms. The number of piperidine rings is 1. The fraction of sp³-hybridized carbons (Fsp3) is 0.481. The summed E-state index contributed by atoms with van der Waals surface area (Å²) >= 11 is 0. The molecule has 2 atom stereocenters. The Labute approximate surface area is 202 Å². The minimum absolute atomic E-state index is 0.0204. The summed E-state index contributed by atoms with van der Waals surface area (Å²) in [6.45, 7) is 5.63. The lowest BCUT2D eigenvalue weighted by Gasteiger charge is -2.39. The first-order valence-electron chi connectivity index (χ1n) is 11.9. The van der Waals surface area contributed by atoms with Gasteiger partial charge in [0.2, 0.25) is 0 Å². The van der Waals surface area contributed by atoms with Gasteiger partial charge >= 0.3 is 0 Å². The maximum atomic E-state index is 12.7. The molecule has 0 unspecified atom stereocenters. The first-order valence-corrected chi connectivity index (χ1v) is 11.9. The second-order valence-corrected chi connectivity index (χ2v) is 9.02.